The van der Waals surface area contributed by atoms with Crippen molar-refractivity contribution in [1.29, 1.82) is 0 Å². The van der Waals surface area contributed by atoms with E-state index in [1.54, 1.807) is 0 Å². The van der Waals surface area contributed by atoms with Crippen LogP contribution in [0.1, 0.15) is 52.5 Å². The lowest BCUT2D eigenvalue weighted by atomic mass is 10.1. The zero-order chi connectivity index (χ0) is 17.4. The number of H-pyrrole nitrogens is 1. The van der Waals surface area contributed by atoms with E-state index in [0.717, 1.165) is 47.6 Å². The summed E-state index contributed by atoms with van der Waals surface area (Å²) < 4.78 is 2.16. The molecule has 130 valence electrons. The van der Waals surface area contributed by atoms with Gasteiger partial charge in [-0.1, -0.05) is 6.42 Å². The monoisotopic (exact) mass is 337 g/mol. The second-order valence-electron chi connectivity index (χ2n) is 6.81. The lowest BCUT2D eigenvalue weighted by molar-refractivity contribution is 0.0949. The van der Waals surface area contributed by atoms with Gasteiger partial charge in [0.2, 0.25) is 0 Å². The van der Waals surface area contributed by atoms with Gasteiger partial charge in [-0.2, -0.15) is 0 Å². The third-order valence-electron chi connectivity index (χ3n) is 5.16. The smallest absolute Gasteiger partial charge is 0.251 e. The van der Waals surface area contributed by atoms with Crippen LogP contribution in [0.15, 0.2) is 18.2 Å². The average molecular weight is 337 g/mol. The van der Waals surface area contributed by atoms with Crippen molar-refractivity contribution in [2.75, 3.05) is 0 Å². The molecule has 25 heavy (non-hydrogen) atoms. The fraction of sp³-hybridized carbons (Fsp3) is 0.421. The van der Waals surface area contributed by atoms with Gasteiger partial charge < -0.3 is 14.9 Å². The lowest BCUT2D eigenvalue weighted by Gasteiger charge is -2.08. The standard InChI is InChI=1S/C19H23N5O/c1-12-13(2)21-16-8-7-14(10-15(12)16)19(25)20-11-18-23-22-17-6-4-3-5-9-24(17)18/h7-8,10,21H,3-6,9,11H2,1-2H3,(H,20,25). The highest BCUT2D eigenvalue weighted by Gasteiger charge is 2.16. The number of amides is 1. The molecule has 3 aromatic rings. The summed E-state index contributed by atoms with van der Waals surface area (Å²) in [4.78, 5) is 15.9. The fourth-order valence-corrected chi connectivity index (χ4v) is 3.54. The van der Waals surface area contributed by atoms with Gasteiger partial charge in [0.15, 0.2) is 5.82 Å². The summed E-state index contributed by atoms with van der Waals surface area (Å²) >= 11 is 0. The maximum atomic E-state index is 12.6. The summed E-state index contributed by atoms with van der Waals surface area (Å²) in [7, 11) is 0. The minimum absolute atomic E-state index is 0.0777. The quantitative estimate of drug-likeness (QED) is 0.771. The third-order valence-corrected chi connectivity index (χ3v) is 5.16. The molecule has 0 saturated carbocycles. The molecule has 6 heteroatoms. The zero-order valence-corrected chi connectivity index (χ0v) is 14.7. The van der Waals surface area contributed by atoms with Crippen LogP contribution in [0, 0.1) is 13.8 Å². The summed E-state index contributed by atoms with van der Waals surface area (Å²) in [5, 5.41) is 12.6. The third kappa shape index (κ3) is 2.92. The highest BCUT2D eigenvalue weighted by atomic mass is 16.1. The van der Waals surface area contributed by atoms with E-state index in [1.807, 2.05) is 25.1 Å². The molecule has 1 amide bonds. The number of rotatable bonds is 3. The minimum Gasteiger partial charge on any atom is -0.358 e. The summed E-state index contributed by atoms with van der Waals surface area (Å²) in [5.41, 5.74) is 4.06. The number of carbonyl (C=O) groups excluding carboxylic acids is 1. The fourth-order valence-electron chi connectivity index (χ4n) is 3.54. The predicted octanol–water partition coefficient (Wildman–Crippen LogP) is 3.03. The number of aromatic nitrogens is 4. The molecule has 0 fully saturated rings. The van der Waals surface area contributed by atoms with Crippen LogP contribution in [-0.2, 0) is 19.5 Å². The van der Waals surface area contributed by atoms with Crippen molar-refractivity contribution in [3.8, 4) is 0 Å². The molecule has 0 spiro atoms. The number of fused-ring (bicyclic) bond motifs is 2. The number of hydrogen-bond donors (Lipinski definition) is 2. The Labute approximate surface area is 146 Å². The molecular weight excluding hydrogens is 314 g/mol. The zero-order valence-electron chi connectivity index (χ0n) is 14.7. The van der Waals surface area contributed by atoms with E-state index in [-0.39, 0.29) is 5.91 Å². The summed E-state index contributed by atoms with van der Waals surface area (Å²) in [6, 6.07) is 5.78. The molecule has 0 bridgehead atoms. The largest absolute Gasteiger partial charge is 0.358 e. The van der Waals surface area contributed by atoms with Gasteiger partial charge in [0.05, 0.1) is 6.54 Å². The first-order chi connectivity index (χ1) is 12.1. The van der Waals surface area contributed by atoms with Crippen molar-refractivity contribution >= 4 is 16.8 Å². The Morgan fingerprint density at radius 3 is 3.00 bits per heavy atom. The summed E-state index contributed by atoms with van der Waals surface area (Å²) in [6.07, 6.45) is 4.52. The Morgan fingerprint density at radius 1 is 1.24 bits per heavy atom. The highest BCUT2D eigenvalue weighted by molar-refractivity contribution is 5.98. The Morgan fingerprint density at radius 2 is 2.12 bits per heavy atom. The van der Waals surface area contributed by atoms with Crippen LogP contribution in [0.2, 0.25) is 0 Å². The molecule has 0 radical (unpaired) electrons. The maximum Gasteiger partial charge on any atom is 0.251 e. The molecule has 2 aromatic heterocycles. The average Bonchev–Trinajstić information content (AvgIpc) is 3.02. The van der Waals surface area contributed by atoms with Crippen molar-refractivity contribution in [3.05, 3.63) is 46.7 Å². The predicted molar refractivity (Wildman–Crippen MR) is 96.5 cm³/mol. The molecule has 2 N–H and O–H groups in total. The Kier molecular flexibility index (Phi) is 4.03. The maximum absolute atomic E-state index is 12.6. The number of benzene rings is 1. The van der Waals surface area contributed by atoms with E-state index in [0.29, 0.717) is 12.1 Å². The van der Waals surface area contributed by atoms with Crippen molar-refractivity contribution < 1.29 is 4.79 Å². The SMILES string of the molecule is Cc1[nH]c2ccc(C(=O)NCc3nnc4n3CCCCC4)cc2c1C. The van der Waals surface area contributed by atoms with Gasteiger partial charge in [-0.05, 0) is 50.5 Å². The Hall–Kier alpha value is -2.63. The van der Waals surface area contributed by atoms with E-state index in [1.165, 1.54) is 18.4 Å². The van der Waals surface area contributed by atoms with Crippen LogP contribution < -0.4 is 5.32 Å². The van der Waals surface area contributed by atoms with Crippen molar-refractivity contribution in [3.63, 3.8) is 0 Å². The molecule has 1 aliphatic heterocycles. The normalized spacial score (nSPS) is 14.3. The van der Waals surface area contributed by atoms with Crippen LogP contribution in [0.25, 0.3) is 10.9 Å². The number of aryl methyl sites for hydroxylation is 3. The topological polar surface area (TPSA) is 75.6 Å². The molecule has 3 heterocycles. The molecule has 0 saturated heterocycles. The molecule has 0 unspecified atom stereocenters. The number of nitrogens with one attached hydrogen (secondary N) is 2. The van der Waals surface area contributed by atoms with Gasteiger partial charge in [0.25, 0.3) is 5.91 Å². The number of carbonyl (C=O) groups is 1. The van der Waals surface area contributed by atoms with Crippen LogP contribution >= 0.6 is 0 Å². The lowest BCUT2D eigenvalue weighted by Crippen LogP contribution is -2.25. The summed E-state index contributed by atoms with van der Waals surface area (Å²) in [6.45, 7) is 5.48. The molecule has 6 nitrogen and oxygen atoms in total. The van der Waals surface area contributed by atoms with E-state index in [2.05, 4.69) is 32.0 Å². The second kappa shape index (κ2) is 6.35. The first-order valence-electron chi connectivity index (χ1n) is 8.91. The number of aromatic amines is 1. The summed E-state index contributed by atoms with van der Waals surface area (Å²) in [5.74, 6) is 1.81. The van der Waals surface area contributed by atoms with Gasteiger partial charge >= 0.3 is 0 Å². The minimum atomic E-state index is -0.0777. The Bertz CT molecular complexity index is 937. The van der Waals surface area contributed by atoms with Gasteiger partial charge in [-0.3, -0.25) is 4.79 Å². The molecule has 0 atom stereocenters. The molecule has 4 rings (SSSR count). The van der Waals surface area contributed by atoms with Crippen LogP contribution in [-0.4, -0.2) is 25.7 Å². The molecule has 1 aromatic carbocycles. The van der Waals surface area contributed by atoms with Crippen LogP contribution in [0.4, 0.5) is 0 Å². The molecule has 0 aliphatic carbocycles. The number of hydrogen-bond acceptors (Lipinski definition) is 3. The van der Waals surface area contributed by atoms with E-state index >= 15 is 0 Å². The number of nitrogens with zero attached hydrogens (tertiary/aromatic N) is 3. The van der Waals surface area contributed by atoms with E-state index in [9.17, 15) is 4.79 Å². The first-order valence-corrected chi connectivity index (χ1v) is 8.91. The van der Waals surface area contributed by atoms with Crippen molar-refractivity contribution in [2.24, 2.45) is 0 Å². The van der Waals surface area contributed by atoms with Gasteiger partial charge in [-0.25, -0.2) is 0 Å². The van der Waals surface area contributed by atoms with Crippen LogP contribution in [0.3, 0.4) is 0 Å². The van der Waals surface area contributed by atoms with Crippen LogP contribution in [0.5, 0.6) is 0 Å². The van der Waals surface area contributed by atoms with Crippen molar-refractivity contribution in [2.45, 2.75) is 52.6 Å². The van der Waals surface area contributed by atoms with Crippen molar-refractivity contribution in [1.82, 2.24) is 25.1 Å². The molecular formula is C19H23N5O. The molecule has 1 aliphatic rings. The van der Waals surface area contributed by atoms with Gasteiger partial charge in [-0.15, -0.1) is 10.2 Å². The van der Waals surface area contributed by atoms with E-state index < -0.39 is 0 Å². The second-order valence-corrected chi connectivity index (χ2v) is 6.81. The first kappa shape index (κ1) is 15.9. The van der Waals surface area contributed by atoms with Gasteiger partial charge in [0, 0.05) is 35.1 Å². The highest BCUT2D eigenvalue weighted by Crippen LogP contribution is 2.22. The Balaban J connectivity index is 1.51. The van der Waals surface area contributed by atoms with Gasteiger partial charge in [0.1, 0.15) is 5.82 Å². The van der Waals surface area contributed by atoms with E-state index in [4.69, 9.17) is 0 Å².